The van der Waals surface area contributed by atoms with E-state index in [0.717, 1.165) is 23.7 Å². The van der Waals surface area contributed by atoms with Gasteiger partial charge in [0.2, 0.25) is 0 Å². The molecule has 5 heteroatoms. The second-order valence-electron chi connectivity index (χ2n) is 5.96. The fraction of sp³-hybridized carbons (Fsp3) is 0.438. The van der Waals surface area contributed by atoms with E-state index in [-0.39, 0.29) is 16.7 Å². The first-order chi connectivity index (χ1) is 10.1. The smallest absolute Gasteiger partial charge is 0.311 e. The van der Waals surface area contributed by atoms with Crippen LogP contribution in [-0.2, 0) is 0 Å². The molecule has 0 spiro atoms. The van der Waals surface area contributed by atoms with Crippen LogP contribution >= 0.6 is 0 Å². The van der Waals surface area contributed by atoms with Gasteiger partial charge >= 0.3 is 5.69 Å². The molecular weight excluding hydrogens is 266 g/mol. The van der Waals surface area contributed by atoms with Crippen molar-refractivity contribution >= 4 is 22.3 Å². The Balaban J connectivity index is 2.06. The summed E-state index contributed by atoms with van der Waals surface area (Å²) in [4.78, 5) is 15.1. The number of fused-ring (bicyclic) bond motifs is 1. The van der Waals surface area contributed by atoms with Gasteiger partial charge in [0.15, 0.2) is 0 Å². The largest absolute Gasteiger partial charge is 0.376 e. The number of anilines is 1. The summed E-state index contributed by atoms with van der Waals surface area (Å²) in [7, 11) is 0. The number of nitro groups is 1. The average molecular weight is 285 g/mol. The van der Waals surface area contributed by atoms with Gasteiger partial charge < -0.3 is 5.32 Å². The van der Waals surface area contributed by atoms with Gasteiger partial charge in [0.05, 0.1) is 10.4 Å². The molecule has 3 unspecified atom stereocenters. The van der Waals surface area contributed by atoms with E-state index in [1.807, 2.05) is 24.3 Å². The van der Waals surface area contributed by atoms with E-state index in [2.05, 4.69) is 24.1 Å². The van der Waals surface area contributed by atoms with Crippen LogP contribution in [0.25, 0.3) is 10.9 Å². The Morgan fingerprint density at radius 1 is 1.29 bits per heavy atom. The standard InChI is InChI=1S/C16H19N3O2/c1-10-7-8-13(11(10)2)18-16-12-5-3-4-6-14(12)17-9-15(16)19(20)21/h3-6,9-11,13H,7-8H2,1-2H3,(H,17,18). The Morgan fingerprint density at radius 2 is 2.05 bits per heavy atom. The molecule has 110 valence electrons. The van der Waals surface area contributed by atoms with Gasteiger partial charge in [0.1, 0.15) is 11.9 Å². The van der Waals surface area contributed by atoms with Crippen LogP contribution in [0, 0.1) is 22.0 Å². The maximum atomic E-state index is 11.3. The van der Waals surface area contributed by atoms with Gasteiger partial charge in [0, 0.05) is 11.4 Å². The number of nitrogens with zero attached hydrogens (tertiary/aromatic N) is 2. The van der Waals surface area contributed by atoms with Crippen LogP contribution < -0.4 is 5.32 Å². The summed E-state index contributed by atoms with van der Waals surface area (Å²) in [6.07, 6.45) is 3.57. The maximum Gasteiger partial charge on any atom is 0.311 e. The number of pyridine rings is 1. The van der Waals surface area contributed by atoms with E-state index in [4.69, 9.17) is 0 Å². The fourth-order valence-electron chi connectivity index (χ4n) is 3.17. The molecule has 1 saturated carbocycles. The zero-order valence-corrected chi connectivity index (χ0v) is 12.2. The zero-order valence-electron chi connectivity index (χ0n) is 12.2. The quantitative estimate of drug-likeness (QED) is 0.684. The number of nitrogens with one attached hydrogen (secondary N) is 1. The Morgan fingerprint density at radius 3 is 2.71 bits per heavy atom. The normalized spacial score (nSPS) is 25.1. The highest BCUT2D eigenvalue weighted by atomic mass is 16.6. The molecule has 21 heavy (non-hydrogen) atoms. The van der Waals surface area contributed by atoms with Crippen LogP contribution in [0.5, 0.6) is 0 Å². The topological polar surface area (TPSA) is 68.1 Å². The van der Waals surface area contributed by atoms with Crippen molar-refractivity contribution in [3.8, 4) is 0 Å². The first-order valence-electron chi connectivity index (χ1n) is 7.36. The Hall–Kier alpha value is -2.17. The minimum atomic E-state index is -0.356. The average Bonchev–Trinajstić information content (AvgIpc) is 2.79. The third kappa shape index (κ3) is 2.44. The number of para-hydroxylation sites is 1. The van der Waals surface area contributed by atoms with E-state index in [1.54, 1.807) is 0 Å². The molecule has 1 aromatic carbocycles. The lowest BCUT2D eigenvalue weighted by Crippen LogP contribution is -2.24. The first kappa shape index (κ1) is 13.8. The summed E-state index contributed by atoms with van der Waals surface area (Å²) in [5, 5.41) is 15.6. The van der Waals surface area contributed by atoms with Gasteiger partial charge in [-0.15, -0.1) is 0 Å². The maximum absolute atomic E-state index is 11.3. The van der Waals surface area contributed by atoms with E-state index in [0.29, 0.717) is 17.5 Å². The highest BCUT2D eigenvalue weighted by Gasteiger charge is 2.31. The molecule has 3 atom stereocenters. The van der Waals surface area contributed by atoms with E-state index in [9.17, 15) is 10.1 Å². The number of rotatable bonds is 3. The number of aromatic nitrogens is 1. The lowest BCUT2D eigenvalue weighted by molar-refractivity contribution is -0.384. The van der Waals surface area contributed by atoms with Crippen LogP contribution in [-0.4, -0.2) is 15.9 Å². The summed E-state index contributed by atoms with van der Waals surface area (Å²) in [5.41, 5.74) is 1.45. The molecule has 1 aliphatic carbocycles. The van der Waals surface area contributed by atoms with Gasteiger partial charge in [-0.3, -0.25) is 10.1 Å². The van der Waals surface area contributed by atoms with Gasteiger partial charge in [-0.2, -0.15) is 0 Å². The molecule has 1 N–H and O–H groups in total. The third-order valence-electron chi connectivity index (χ3n) is 4.75. The lowest BCUT2D eigenvalue weighted by Gasteiger charge is -2.21. The van der Waals surface area contributed by atoms with Crippen molar-refractivity contribution in [3.05, 3.63) is 40.6 Å². The molecule has 0 amide bonds. The van der Waals surface area contributed by atoms with Crippen molar-refractivity contribution in [3.63, 3.8) is 0 Å². The molecule has 1 heterocycles. The number of hydrogen-bond acceptors (Lipinski definition) is 4. The third-order valence-corrected chi connectivity index (χ3v) is 4.75. The molecule has 3 rings (SSSR count). The first-order valence-corrected chi connectivity index (χ1v) is 7.36. The van der Waals surface area contributed by atoms with Crippen molar-refractivity contribution in [2.75, 3.05) is 5.32 Å². The number of hydrogen-bond donors (Lipinski definition) is 1. The summed E-state index contributed by atoms with van der Waals surface area (Å²) in [5.74, 6) is 1.16. The number of benzene rings is 1. The minimum absolute atomic E-state index is 0.0560. The molecule has 0 saturated heterocycles. The summed E-state index contributed by atoms with van der Waals surface area (Å²) >= 11 is 0. The SMILES string of the molecule is CC1CCC(Nc2c([N+](=O)[O-])cnc3ccccc23)C1C. The molecule has 5 nitrogen and oxygen atoms in total. The molecule has 1 aromatic heterocycles. The zero-order chi connectivity index (χ0) is 15.0. The fourth-order valence-corrected chi connectivity index (χ4v) is 3.17. The Kier molecular flexibility index (Phi) is 3.49. The molecule has 1 fully saturated rings. The summed E-state index contributed by atoms with van der Waals surface area (Å²) in [6.45, 7) is 4.45. The predicted octanol–water partition coefficient (Wildman–Crippen LogP) is 3.99. The van der Waals surface area contributed by atoms with Gasteiger partial charge in [0.25, 0.3) is 0 Å². The molecular formula is C16H19N3O2. The highest BCUT2D eigenvalue weighted by Crippen LogP contribution is 2.37. The van der Waals surface area contributed by atoms with E-state index < -0.39 is 0 Å². The van der Waals surface area contributed by atoms with Crippen LogP contribution in [0.15, 0.2) is 30.5 Å². The van der Waals surface area contributed by atoms with Crippen molar-refractivity contribution in [1.82, 2.24) is 4.98 Å². The summed E-state index contributed by atoms with van der Waals surface area (Å²) in [6, 6.07) is 7.83. The Labute approximate surface area is 123 Å². The van der Waals surface area contributed by atoms with Crippen molar-refractivity contribution in [2.24, 2.45) is 11.8 Å². The molecule has 0 radical (unpaired) electrons. The molecule has 0 bridgehead atoms. The lowest BCUT2D eigenvalue weighted by atomic mass is 9.97. The minimum Gasteiger partial charge on any atom is -0.376 e. The monoisotopic (exact) mass is 285 g/mol. The van der Waals surface area contributed by atoms with Gasteiger partial charge in [-0.1, -0.05) is 32.0 Å². The van der Waals surface area contributed by atoms with Crippen LogP contribution in [0.1, 0.15) is 26.7 Å². The van der Waals surface area contributed by atoms with Crippen molar-refractivity contribution < 1.29 is 4.92 Å². The van der Waals surface area contributed by atoms with Gasteiger partial charge in [-0.05, 0) is 30.7 Å². The molecule has 2 aromatic rings. The Bertz CT molecular complexity index is 686. The second kappa shape index (κ2) is 5.31. The molecule has 1 aliphatic rings. The second-order valence-corrected chi connectivity index (χ2v) is 5.96. The molecule has 0 aliphatic heterocycles. The van der Waals surface area contributed by atoms with Gasteiger partial charge in [-0.25, -0.2) is 4.98 Å². The highest BCUT2D eigenvalue weighted by molar-refractivity contribution is 5.95. The van der Waals surface area contributed by atoms with Crippen LogP contribution in [0.3, 0.4) is 0 Å². The predicted molar refractivity (Wildman–Crippen MR) is 83.4 cm³/mol. The van der Waals surface area contributed by atoms with Crippen LogP contribution in [0.4, 0.5) is 11.4 Å². The van der Waals surface area contributed by atoms with E-state index in [1.165, 1.54) is 6.20 Å². The van der Waals surface area contributed by atoms with Crippen LogP contribution in [0.2, 0.25) is 0 Å². The summed E-state index contributed by atoms with van der Waals surface area (Å²) < 4.78 is 0. The van der Waals surface area contributed by atoms with Crippen molar-refractivity contribution in [1.29, 1.82) is 0 Å². The van der Waals surface area contributed by atoms with Crippen molar-refractivity contribution in [2.45, 2.75) is 32.7 Å². The van der Waals surface area contributed by atoms with E-state index >= 15 is 0 Å².